The molecule has 112 valence electrons. The molecule has 1 saturated carbocycles. The van der Waals surface area contributed by atoms with Gasteiger partial charge in [-0.15, -0.1) is 0 Å². The summed E-state index contributed by atoms with van der Waals surface area (Å²) in [5.74, 6) is -0.171. The molecule has 0 unspecified atom stereocenters. The highest BCUT2D eigenvalue weighted by Gasteiger charge is 2.44. The van der Waals surface area contributed by atoms with E-state index in [4.69, 9.17) is 23.1 Å². The van der Waals surface area contributed by atoms with E-state index in [2.05, 4.69) is 9.98 Å². The fraction of sp³-hybridized carbons (Fsp3) is 0.429. The number of halogens is 2. The third kappa shape index (κ3) is 2.33. The summed E-state index contributed by atoms with van der Waals surface area (Å²) in [5, 5.41) is 0.286. The van der Waals surface area contributed by atoms with E-state index >= 15 is 0 Å². The molecule has 0 amide bonds. The van der Waals surface area contributed by atoms with Crippen LogP contribution in [0.25, 0.3) is 0 Å². The molecule has 1 aliphatic heterocycles. The van der Waals surface area contributed by atoms with Crippen molar-refractivity contribution in [2.45, 2.75) is 37.8 Å². The number of para-hydroxylation sites is 1. The summed E-state index contributed by atoms with van der Waals surface area (Å²) in [4.78, 5) is 10.1. The number of nitrogens with zero attached hydrogens (tertiary/aromatic N) is 3. The Morgan fingerprint density at radius 3 is 2.57 bits per heavy atom. The molecule has 1 heterocycles. The third-order valence-electron chi connectivity index (χ3n) is 4.01. The van der Waals surface area contributed by atoms with Gasteiger partial charge in [0.05, 0.1) is 5.02 Å². The maximum Gasteiger partial charge on any atom is 0.220 e. The molecule has 1 aromatic rings. The summed E-state index contributed by atoms with van der Waals surface area (Å²) in [6.45, 7) is 0. The third-order valence-corrected chi connectivity index (χ3v) is 4.32. The van der Waals surface area contributed by atoms with Gasteiger partial charge in [-0.3, -0.25) is 4.90 Å². The lowest BCUT2D eigenvalue weighted by Crippen LogP contribution is -2.58. The van der Waals surface area contributed by atoms with Crippen molar-refractivity contribution in [3.8, 4) is 0 Å². The van der Waals surface area contributed by atoms with E-state index < -0.39 is 11.5 Å². The Hall–Kier alpha value is -1.82. The van der Waals surface area contributed by atoms with Crippen LogP contribution in [0.1, 0.15) is 32.1 Å². The molecular weight excluding hydrogens is 293 g/mol. The molecule has 0 radical (unpaired) electrons. The minimum Gasteiger partial charge on any atom is -0.369 e. The van der Waals surface area contributed by atoms with Crippen molar-refractivity contribution in [1.82, 2.24) is 0 Å². The average Bonchev–Trinajstić information content (AvgIpc) is 2.42. The van der Waals surface area contributed by atoms with Gasteiger partial charge in [0, 0.05) is 0 Å². The van der Waals surface area contributed by atoms with E-state index in [0.717, 1.165) is 32.1 Å². The summed E-state index contributed by atoms with van der Waals surface area (Å²) >= 11 is 6.20. The van der Waals surface area contributed by atoms with Crippen LogP contribution in [0.15, 0.2) is 28.2 Å². The first-order valence-corrected chi connectivity index (χ1v) is 7.35. The highest BCUT2D eigenvalue weighted by molar-refractivity contribution is 6.34. The summed E-state index contributed by atoms with van der Waals surface area (Å²) in [6.07, 6.45) is 4.56. The molecule has 1 aliphatic carbocycles. The fourth-order valence-electron chi connectivity index (χ4n) is 3.15. The quantitative estimate of drug-likeness (QED) is 0.836. The number of nitrogens with two attached hydrogens (primary N) is 2. The SMILES string of the molecule is NC1=NC2(CCCCC2)N(c2c(F)cccc2Cl)C(N)=N1. The average molecular weight is 310 g/mol. The van der Waals surface area contributed by atoms with E-state index in [1.165, 1.54) is 6.07 Å². The standard InChI is InChI=1S/C14H17ClFN5/c15-9-5-4-6-10(16)11(9)21-13(18)19-12(17)20-14(21)7-2-1-3-8-14/h4-6H,1-3,7-8H2,(H4,17,18,19,20). The van der Waals surface area contributed by atoms with E-state index in [9.17, 15) is 4.39 Å². The van der Waals surface area contributed by atoms with Gasteiger partial charge in [-0.2, -0.15) is 4.99 Å². The second-order valence-corrected chi connectivity index (χ2v) is 5.80. The van der Waals surface area contributed by atoms with Crippen molar-refractivity contribution < 1.29 is 4.39 Å². The van der Waals surface area contributed by atoms with Crippen molar-refractivity contribution in [1.29, 1.82) is 0 Å². The minimum atomic E-state index is -0.681. The zero-order chi connectivity index (χ0) is 15.0. The number of hydrogen-bond donors (Lipinski definition) is 2. The number of hydrogen-bond acceptors (Lipinski definition) is 5. The highest BCUT2D eigenvalue weighted by atomic mass is 35.5. The van der Waals surface area contributed by atoms with Crippen LogP contribution in [0, 0.1) is 5.82 Å². The smallest absolute Gasteiger partial charge is 0.220 e. The molecule has 0 aromatic heterocycles. The second kappa shape index (κ2) is 5.18. The van der Waals surface area contributed by atoms with Crippen LogP contribution in [0.4, 0.5) is 10.1 Å². The lowest BCUT2D eigenvalue weighted by molar-refractivity contribution is 0.304. The maximum atomic E-state index is 14.3. The minimum absolute atomic E-state index is 0.136. The molecule has 0 bridgehead atoms. The Balaban J connectivity index is 2.16. The summed E-state index contributed by atoms with van der Waals surface area (Å²) in [6, 6.07) is 4.54. The van der Waals surface area contributed by atoms with Gasteiger partial charge in [-0.25, -0.2) is 9.38 Å². The zero-order valence-corrected chi connectivity index (χ0v) is 12.3. The number of rotatable bonds is 1. The Kier molecular flexibility index (Phi) is 3.49. The first-order chi connectivity index (χ1) is 10.0. The molecule has 0 atom stereocenters. The van der Waals surface area contributed by atoms with E-state index in [1.807, 2.05) is 0 Å². The lowest BCUT2D eigenvalue weighted by atomic mass is 9.87. The van der Waals surface area contributed by atoms with Crippen molar-refractivity contribution in [3.05, 3.63) is 29.0 Å². The normalized spacial score (nSPS) is 21.1. The van der Waals surface area contributed by atoms with Crippen LogP contribution >= 0.6 is 11.6 Å². The second-order valence-electron chi connectivity index (χ2n) is 5.39. The predicted molar refractivity (Wildman–Crippen MR) is 82.9 cm³/mol. The van der Waals surface area contributed by atoms with E-state index in [-0.39, 0.29) is 22.6 Å². The topological polar surface area (TPSA) is 80.0 Å². The van der Waals surface area contributed by atoms with Crippen LogP contribution in [0.5, 0.6) is 0 Å². The fourth-order valence-corrected chi connectivity index (χ4v) is 3.40. The number of anilines is 1. The maximum absolute atomic E-state index is 14.3. The van der Waals surface area contributed by atoms with Gasteiger partial charge in [0.15, 0.2) is 0 Å². The first-order valence-electron chi connectivity index (χ1n) is 6.97. The van der Waals surface area contributed by atoms with Crippen molar-refractivity contribution in [2.75, 3.05) is 4.90 Å². The molecule has 2 aliphatic rings. The summed E-state index contributed by atoms with van der Waals surface area (Å²) in [7, 11) is 0. The number of benzene rings is 1. The van der Waals surface area contributed by atoms with Crippen molar-refractivity contribution in [3.63, 3.8) is 0 Å². The van der Waals surface area contributed by atoms with Crippen LogP contribution in [-0.2, 0) is 0 Å². The van der Waals surface area contributed by atoms with Gasteiger partial charge in [-0.1, -0.05) is 24.1 Å². The molecule has 1 aromatic carbocycles. The molecule has 0 saturated heterocycles. The largest absolute Gasteiger partial charge is 0.369 e. The van der Waals surface area contributed by atoms with Gasteiger partial charge in [0.25, 0.3) is 0 Å². The Labute approximate surface area is 127 Å². The van der Waals surface area contributed by atoms with Crippen LogP contribution in [0.2, 0.25) is 5.02 Å². The Morgan fingerprint density at radius 2 is 1.90 bits per heavy atom. The van der Waals surface area contributed by atoms with Gasteiger partial charge in [0.1, 0.15) is 17.2 Å². The summed E-state index contributed by atoms with van der Waals surface area (Å²) in [5.41, 5.74) is 11.4. The number of aliphatic imine (C=N–C) groups is 2. The van der Waals surface area contributed by atoms with E-state index in [1.54, 1.807) is 17.0 Å². The zero-order valence-electron chi connectivity index (χ0n) is 11.5. The van der Waals surface area contributed by atoms with Gasteiger partial charge in [0.2, 0.25) is 11.9 Å². The highest BCUT2D eigenvalue weighted by Crippen LogP contribution is 2.42. The molecule has 1 spiro atoms. The first kappa shape index (κ1) is 14.1. The van der Waals surface area contributed by atoms with Gasteiger partial charge >= 0.3 is 0 Å². The van der Waals surface area contributed by atoms with Crippen LogP contribution < -0.4 is 16.4 Å². The molecule has 5 nitrogen and oxygen atoms in total. The van der Waals surface area contributed by atoms with E-state index in [0.29, 0.717) is 0 Å². The molecule has 1 fully saturated rings. The van der Waals surface area contributed by atoms with Crippen molar-refractivity contribution >= 4 is 29.2 Å². The van der Waals surface area contributed by atoms with Gasteiger partial charge in [-0.05, 0) is 37.8 Å². The van der Waals surface area contributed by atoms with Crippen molar-refractivity contribution in [2.24, 2.45) is 21.5 Å². The molecule has 3 rings (SSSR count). The van der Waals surface area contributed by atoms with Crippen LogP contribution in [-0.4, -0.2) is 17.6 Å². The van der Waals surface area contributed by atoms with Crippen LogP contribution in [0.3, 0.4) is 0 Å². The molecule has 21 heavy (non-hydrogen) atoms. The molecule has 7 heteroatoms. The molecule has 4 N–H and O–H groups in total. The molecular formula is C14H17ClFN5. The predicted octanol–water partition coefficient (Wildman–Crippen LogP) is 2.59. The Morgan fingerprint density at radius 1 is 1.19 bits per heavy atom. The Bertz CT molecular complexity index is 602. The summed E-state index contributed by atoms with van der Waals surface area (Å²) < 4.78 is 14.3. The van der Waals surface area contributed by atoms with Gasteiger partial charge < -0.3 is 11.5 Å². The lowest BCUT2D eigenvalue weighted by Gasteiger charge is -2.45. The number of guanidine groups is 2. The monoisotopic (exact) mass is 309 g/mol.